The van der Waals surface area contributed by atoms with Crippen LogP contribution < -0.4 is 5.32 Å². The molecule has 1 aliphatic carbocycles. The first kappa shape index (κ1) is 24.7. The normalized spacial score (nSPS) is 16.3. The summed E-state index contributed by atoms with van der Waals surface area (Å²) >= 11 is 1.41. The second-order valence-corrected chi connectivity index (χ2v) is 10.6. The average Bonchev–Trinajstić information content (AvgIpc) is 3.23. The zero-order valence-corrected chi connectivity index (χ0v) is 21.2. The van der Waals surface area contributed by atoms with Gasteiger partial charge in [0.25, 0.3) is 17.7 Å². The Morgan fingerprint density at radius 3 is 2.54 bits per heavy atom. The van der Waals surface area contributed by atoms with Gasteiger partial charge in [-0.15, -0.1) is 11.3 Å². The van der Waals surface area contributed by atoms with Gasteiger partial charge in [0, 0.05) is 34.4 Å². The van der Waals surface area contributed by atoms with E-state index in [1.165, 1.54) is 11.3 Å². The predicted molar refractivity (Wildman–Crippen MR) is 138 cm³/mol. The summed E-state index contributed by atoms with van der Waals surface area (Å²) in [5, 5.41) is 14.3. The summed E-state index contributed by atoms with van der Waals surface area (Å²) in [6.45, 7) is 1.76. The maximum absolute atomic E-state index is 12.9. The third kappa shape index (κ3) is 4.72. The van der Waals surface area contributed by atoms with Crippen LogP contribution in [0.5, 0.6) is 0 Å². The quantitative estimate of drug-likeness (QED) is 0.367. The number of nitrogens with one attached hydrogen (secondary N) is 1. The molecule has 8 nitrogen and oxygen atoms in total. The Kier molecular flexibility index (Phi) is 6.76. The van der Waals surface area contributed by atoms with Gasteiger partial charge in [0.1, 0.15) is 11.1 Å². The predicted octanol–water partition coefficient (Wildman–Crippen LogP) is 4.46. The summed E-state index contributed by atoms with van der Waals surface area (Å²) in [6, 6.07) is 12.9. The third-order valence-electron chi connectivity index (χ3n) is 6.86. The fourth-order valence-corrected chi connectivity index (χ4v) is 6.38. The lowest BCUT2D eigenvalue weighted by atomic mass is 9.89. The number of anilines is 1. The molecule has 3 amide bonds. The molecule has 1 aromatic heterocycles. The first-order valence-corrected chi connectivity index (χ1v) is 13.1. The summed E-state index contributed by atoms with van der Waals surface area (Å²) in [7, 11) is 0. The Hall–Kier alpha value is -4.03. The van der Waals surface area contributed by atoms with Crippen molar-refractivity contribution in [1.29, 1.82) is 5.26 Å². The monoisotopic (exact) mass is 515 g/mol. The molecular weight excluding hydrogens is 490 g/mol. The average molecular weight is 516 g/mol. The number of amides is 3. The largest absolute Gasteiger partial charge is 0.456 e. The second kappa shape index (κ2) is 10.1. The molecule has 2 aromatic carbocycles. The van der Waals surface area contributed by atoms with Crippen molar-refractivity contribution in [3.05, 3.63) is 63.5 Å². The fraction of sp³-hybridized carbons (Fsp3) is 0.321. The highest BCUT2D eigenvalue weighted by molar-refractivity contribution is 7.16. The summed E-state index contributed by atoms with van der Waals surface area (Å²) in [5.74, 6) is -1.34. The van der Waals surface area contributed by atoms with Gasteiger partial charge < -0.3 is 10.1 Å². The molecule has 5 rings (SSSR count). The lowest BCUT2D eigenvalue weighted by Gasteiger charge is -2.27. The molecule has 0 saturated carbocycles. The van der Waals surface area contributed by atoms with Crippen LogP contribution in [-0.4, -0.2) is 41.7 Å². The van der Waals surface area contributed by atoms with E-state index < -0.39 is 18.5 Å². The lowest BCUT2D eigenvalue weighted by Crippen LogP contribution is -2.41. The highest BCUT2D eigenvalue weighted by atomic mass is 32.1. The molecule has 188 valence electrons. The molecular formula is C28H25N3O5S. The van der Waals surface area contributed by atoms with Gasteiger partial charge in [-0.1, -0.05) is 31.2 Å². The van der Waals surface area contributed by atoms with E-state index in [2.05, 4.69) is 18.3 Å². The Morgan fingerprint density at radius 2 is 1.86 bits per heavy atom. The number of hydrogen-bond acceptors (Lipinski definition) is 7. The number of ether oxygens (including phenoxy) is 1. The van der Waals surface area contributed by atoms with E-state index in [1.54, 1.807) is 24.3 Å². The Balaban J connectivity index is 1.13. The van der Waals surface area contributed by atoms with Crippen LogP contribution in [0, 0.1) is 17.2 Å². The zero-order chi connectivity index (χ0) is 26.1. The minimum absolute atomic E-state index is 0.0508. The van der Waals surface area contributed by atoms with E-state index in [4.69, 9.17) is 4.74 Å². The molecule has 2 aliphatic rings. The van der Waals surface area contributed by atoms with Gasteiger partial charge in [-0.2, -0.15) is 5.26 Å². The molecule has 0 unspecified atom stereocenters. The first-order valence-electron chi connectivity index (χ1n) is 12.3. The molecule has 0 radical (unpaired) electrons. The molecule has 37 heavy (non-hydrogen) atoms. The van der Waals surface area contributed by atoms with Crippen LogP contribution in [0.25, 0.3) is 10.8 Å². The number of nitrogens with zero attached hydrogens (tertiary/aromatic N) is 2. The topological polar surface area (TPSA) is 117 Å². The van der Waals surface area contributed by atoms with Crippen molar-refractivity contribution in [3.63, 3.8) is 0 Å². The third-order valence-corrected chi connectivity index (χ3v) is 8.03. The standard InChI is InChI=1S/C28H25N3O5S/c1-16-10-11-18-21(14-29)26(37-22(18)13-16)30-23(32)15-36-24(33)9-4-12-31-27(34)19-7-2-5-17-6-3-8-20(25(17)19)28(31)35/h2-3,5-8,16H,4,9-13,15H2,1H3,(H,30,32)/t16-/m1/s1. The maximum Gasteiger partial charge on any atom is 0.306 e. The van der Waals surface area contributed by atoms with Crippen molar-refractivity contribution in [2.45, 2.75) is 39.0 Å². The summed E-state index contributed by atoms with van der Waals surface area (Å²) in [5.41, 5.74) is 2.44. The minimum atomic E-state index is -0.602. The SMILES string of the molecule is C[C@@H]1CCc2c(sc(NC(=O)COC(=O)CCCN3C(=O)c4cccc5cccc(c45)C3=O)c2C#N)C1. The van der Waals surface area contributed by atoms with Crippen LogP contribution in [0.3, 0.4) is 0 Å². The van der Waals surface area contributed by atoms with Crippen LogP contribution in [0.15, 0.2) is 36.4 Å². The molecule has 1 aliphatic heterocycles. The van der Waals surface area contributed by atoms with E-state index in [-0.39, 0.29) is 31.2 Å². The number of rotatable bonds is 7. The number of carbonyl (C=O) groups is 4. The number of imide groups is 1. The van der Waals surface area contributed by atoms with Gasteiger partial charge in [0.05, 0.1) is 5.56 Å². The van der Waals surface area contributed by atoms with Crippen molar-refractivity contribution in [1.82, 2.24) is 4.90 Å². The molecule has 0 fully saturated rings. The Labute approximate surface area is 217 Å². The van der Waals surface area contributed by atoms with Crippen LogP contribution in [0.2, 0.25) is 0 Å². The number of carbonyl (C=O) groups excluding carboxylic acids is 4. The number of benzene rings is 2. The van der Waals surface area contributed by atoms with Gasteiger partial charge in [0.15, 0.2) is 6.61 Å². The smallest absolute Gasteiger partial charge is 0.306 e. The van der Waals surface area contributed by atoms with Crippen molar-refractivity contribution >= 4 is 50.8 Å². The highest BCUT2D eigenvalue weighted by Crippen LogP contribution is 2.39. The lowest BCUT2D eigenvalue weighted by molar-refractivity contribution is -0.147. The number of nitriles is 1. The zero-order valence-electron chi connectivity index (χ0n) is 20.3. The fourth-order valence-electron chi connectivity index (χ4n) is 5.00. The summed E-state index contributed by atoms with van der Waals surface area (Å²) in [6.07, 6.45) is 2.89. The van der Waals surface area contributed by atoms with E-state index in [0.717, 1.165) is 40.0 Å². The number of esters is 1. The Morgan fingerprint density at radius 1 is 1.16 bits per heavy atom. The minimum Gasteiger partial charge on any atom is -0.456 e. The van der Waals surface area contributed by atoms with Gasteiger partial charge in [-0.05, 0) is 54.7 Å². The van der Waals surface area contributed by atoms with Crippen molar-refractivity contribution in [3.8, 4) is 6.07 Å². The summed E-state index contributed by atoms with van der Waals surface area (Å²) < 4.78 is 5.10. The number of hydrogen-bond donors (Lipinski definition) is 1. The van der Waals surface area contributed by atoms with E-state index in [0.29, 0.717) is 33.0 Å². The molecule has 1 N–H and O–H groups in total. The van der Waals surface area contributed by atoms with E-state index >= 15 is 0 Å². The molecule has 1 atom stereocenters. The summed E-state index contributed by atoms with van der Waals surface area (Å²) in [4.78, 5) is 52.8. The number of thiophene rings is 1. The van der Waals surface area contributed by atoms with Crippen LogP contribution in [0.4, 0.5) is 5.00 Å². The molecule has 0 bridgehead atoms. The second-order valence-electron chi connectivity index (χ2n) is 9.45. The van der Waals surface area contributed by atoms with Gasteiger partial charge in [-0.3, -0.25) is 24.1 Å². The molecule has 0 spiro atoms. The molecule has 9 heteroatoms. The van der Waals surface area contributed by atoms with Crippen LogP contribution >= 0.6 is 11.3 Å². The van der Waals surface area contributed by atoms with Crippen LogP contribution in [0.1, 0.15) is 62.9 Å². The van der Waals surface area contributed by atoms with Crippen molar-refractivity contribution in [2.24, 2.45) is 5.92 Å². The maximum atomic E-state index is 12.9. The first-order chi connectivity index (χ1) is 17.9. The molecule has 2 heterocycles. The Bertz CT molecular complexity index is 1430. The molecule has 0 saturated heterocycles. The van der Waals surface area contributed by atoms with E-state index in [9.17, 15) is 24.4 Å². The number of fused-ring (bicyclic) bond motifs is 1. The van der Waals surface area contributed by atoms with E-state index in [1.807, 2.05) is 12.1 Å². The van der Waals surface area contributed by atoms with Gasteiger partial charge in [-0.25, -0.2) is 0 Å². The molecule has 3 aromatic rings. The van der Waals surface area contributed by atoms with Crippen molar-refractivity contribution < 1.29 is 23.9 Å². The van der Waals surface area contributed by atoms with Gasteiger partial charge in [0.2, 0.25) is 0 Å². The highest BCUT2D eigenvalue weighted by Gasteiger charge is 2.32. The van der Waals surface area contributed by atoms with Crippen molar-refractivity contribution in [2.75, 3.05) is 18.5 Å². The van der Waals surface area contributed by atoms with Gasteiger partial charge >= 0.3 is 5.97 Å². The van der Waals surface area contributed by atoms with Crippen LogP contribution in [-0.2, 0) is 27.2 Å².